The van der Waals surface area contributed by atoms with Gasteiger partial charge in [0.05, 0.1) is 12.2 Å². The fourth-order valence-electron chi connectivity index (χ4n) is 11.0. The Bertz CT molecular complexity index is 1480. The third-order valence-electron chi connectivity index (χ3n) is 13.4. The summed E-state index contributed by atoms with van der Waals surface area (Å²) in [6, 6.07) is 4.57. The first-order valence-corrected chi connectivity index (χ1v) is 18.4. The highest BCUT2D eigenvalue weighted by molar-refractivity contribution is 6.01. The zero-order valence-electron chi connectivity index (χ0n) is 28.3. The zero-order chi connectivity index (χ0) is 31.6. The van der Waals surface area contributed by atoms with Crippen molar-refractivity contribution in [3.63, 3.8) is 0 Å². The summed E-state index contributed by atoms with van der Waals surface area (Å²) in [6.45, 7) is 15.8. The van der Waals surface area contributed by atoms with Crippen LogP contribution >= 0.6 is 0 Å². The first kappa shape index (κ1) is 30.4. The molecular formula is C39H53N5O2. The van der Waals surface area contributed by atoms with Gasteiger partial charge in [0.1, 0.15) is 5.82 Å². The van der Waals surface area contributed by atoms with E-state index in [0.717, 1.165) is 83.9 Å². The van der Waals surface area contributed by atoms with E-state index < -0.39 is 0 Å². The number of fused-ring (bicyclic) bond motifs is 5. The fourth-order valence-corrected chi connectivity index (χ4v) is 11.0. The molecule has 0 unspecified atom stereocenters. The van der Waals surface area contributed by atoms with Crippen LogP contribution in [-0.2, 0) is 9.59 Å². The van der Waals surface area contributed by atoms with Crippen molar-refractivity contribution in [2.45, 2.75) is 72.1 Å². The van der Waals surface area contributed by atoms with Crippen LogP contribution in [0.1, 0.15) is 72.1 Å². The quantitative estimate of drug-likeness (QED) is 0.357. The molecule has 1 aromatic rings. The minimum atomic E-state index is -0.123. The van der Waals surface area contributed by atoms with Crippen molar-refractivity contribution in [3.05, 3.63) is 47.6 Å². The van der Waals surface area contributed by atoms with Crippen LogP contribution in [0.25, 0.3) is 0 Å². The Hall–Kier alpha value is -2.93. The Labute approximate surface area is 275 Å². The Morgan fingerprint density at radius 2 is 1.65 bits per heavy atom. The zero-order valence-corrected chi connectivity index (χ0v) is 28.3. The van der Waals surface area contributed by atoms with Gasteiger partial charge >= 0.3 is 0 Å². The summed E-state index contributed by atoms with van der Waals surface area (Å²) >= 11 is 0. The molecule has 46 heavy (non-hydrogen) atoms. The summed E-state index contributed by atoms with van der Waals surface area (Å²) in [5, 5.41) is 0. The van der Waals surface area contributed by atoms with Gasteiger partial charge in [0.15, 0.2) is 17.4 Å². The normalized spacial score (nSPS) is 36.0. The summed E-state index contributed by atoms with van der Waals surface area (Å²) in [7, 11) is 0. The van der Waals surface area contributed by atoms with Gasteiger partial charge in [-0.2, -0.15) is 0 Å². The number of carbonyl (C=O) groups excluding carboxylic acids is 2. The van der Waals surface area contributed by atoms with E-state index in [1.54, 1.807) is 6.08 Å². The maximum absolute atomic E-state index is 14.2. The Morgan fingerprint density at radius 1 is 0.935 bits per heavy atom. The number of carbonyl (C=O) groups is 2. The number of allylic oxidation sites excluding steroid dienone is 6. The second-order valence-electron chi connectivity index (χ2n) is 16.0. The van der Waals surface area contributed by atoms with Crippen LogP contribution < -0.4 is 14.7 Å². The molecule has 4 aliphatic carbocycles. The van der Waals surface area contributed by atoms with Crippen molar-refractivity contribution in [2.75, 3.05) is 73.6 Å². The molecule has 0 amide bonds. The number of rotatable bonds is 6. The number of anilines is 3. The third kappa shape index (κ3) is 4.98. The van der Waals surface area contributed by atoms with Gasteiger partial charge in [-0.3, -0.25) is 14.5 Å². The number of ketones is 2. The van der Waals surface area contributed by atoms with Crippen LogP contribution in [0.4, 0.5) is 17.3 Å². The van der Waals surface area contributed by atoms with Gasteiger partial charge in [-0.25, -0.2) is 4.98 Å². The SMILES string of the molecule is C[C@@H]1C[C@H]2[C@@H]3CCC4=CC(=O)C=C[C@]4(C)C3=CC[C@]2(C)[C@H]1C(=O)CN1CCN(c2ccc(N3CCCC3)c(N3CCCC3)n2)CC1. The molecule has 7 aliphatic rings. The minimum Gasteiger partial charge on any atom is -0.369 e. The van der Waals surface area contributed by atoms with Crippen molar-refractivity contribution < 1.29 is 9.59 Å². The van der Waals surface area contributed by atoms with E-state index in [4.69, 9.17) is 4.98 Å². The van der Waals surface area contributed by atoms with Gasteiger partial charge in [0.2, 0.25) is 0 Å². The molecule has 0 aromatic carbocycles. The number of piperazine rings is 1. The summed E-state index contributed by atoms with van der Waals surface area (Å²) in [6.07, 6.45) is 17.6. The first-order chi connectivity index (χ1) is 22.2. The molecule has 6 atom stereocenters. The van der Waals surface area contributed by atoms with Gasteiger partial charge < -0.3 is 14.7 Å². The summed E-state index contributed by atoms with van der Waals surface area (Å²) in [5.41, 5.74) is 4.02. The lowest BCUT2D eigenvalue weighted by molar-refractivity contribution is -0.129. The van der Waals surface area contributed by atoms with Crippen LogP contribution in [0, 0.1) is 34.5 Å². The number of Topliss-reactive ketones (excluding diaryl/α,β-unsaturated/α-hetero) is 1. The lowest BCUT2D eigenvalue weighted by atomic mass is 9.52. The van der Waals surface area contributed by atoms with E-state index in [1.165, 1.54) is 48.3 Å². The number of hydrogen-bond donors (Lipinski definition) is 0. The number of nitrogens with zero attached hydrogens (tertiary/aromatic N) is 5. The molecule has 0 spiro atoms. The van der Waals surface area contributed by atoms with Crippen LogP contribution in [0.2, 0.25) is 0 Å². The van der Waals surface area contributed by atoms with Gasteiger partial charge in [-0.15, -0.1) is 0 Å². The molecule has 5 fully saturated rings. The highest BCUT2D eigenvalue weighted by Crippen LogP contribution is 2.65. The van der Waals surface area contributed by atoms with Crippen molar-refractivity contribution in [1.82, 2.24) is 9.88 Å². The van der Waals surface area contributed by atoms with Crippen molar-refractivity contribution in [2.24, 2.45) is 34.5 Å². The van der Waals surface area contributed by atoms with Crippen molar-refractivity contribution in [3.8, 4) is 0 Å². The molecule has 7 nitrogen and oxygen atoms in total. The molecule has 4 heterocycles. The summed E-state index contributed by atoms with van der Waals surface area (Å²) in [5.74, 6) is 4.44. The number of pyridine rings is 1. The third-order valence-corrected chi connectivity index (χ3v) is 13.4. The molecule has 8 rings (SSSR count). The lowest BCUT2D eigenvalue weighted by Crippen LogP contribution is -2.51. The van der Waals surface area contributed by atoms with Crippen LogP contribution in [0.15, 0.2) is 47.6 Å². The Kier molecular flexibility index (Phi) is 7.70. The topological polar surface area (TPSA) is 60.0 Å². The molecule has 7 heteroatoms. The number of aromatic nitrogens is 1. The molecule has 3 saturated heterocycles. The maximum Gasteiger partial charge on any atom is 0.178 e. The molecule has 1 aromatic heterocycles. The average molecular weight is 624 g/mol. The first-order valence-electron chi connectivity index (χ1n) is 18.4. The predicted octanol–water partition coefficient (Wildman–Crippen LogP) is 6.06. The van der Waals surface area contributed by atoms with Crippen LogP contribution in [-0.4, -0.2) is 80.4 Å². The molecule has 2 saturated carbocycles. The molecule has 0 bridgehead atoms. The van der Waals surface area contributed by atoms with Gasteiger partial charge in [-0.05, 0) is 106 Å². The maximum atomic E-state index is 14.2. The van der Waals surface area contributed by atoms with E-state index >= 15 is 0 Å². The monoisotopic (exact) mass is 623 g/mol. The smallest absolute Gasteiger partial charge is 0.178 e. The van der Waals surface area contributed by atoms with Gasteiger partial charge in [0.25, 0.3) is 0 Å². The highest BCUT2D eigenvalue weighted by atomic mass is 16.1. The second kappa shape index (κ2) is 11.6. The second-order valence-corrected chi connectivity index (χ2v) is 16.0. The number of hydrogen-bond acceptors (Lipinski definition) is 7. The van der Waals surface area contributed by atoms with E-state index in [1.807, 2.05) is 6.08 Å². The largest absolute Gasteiger partial charge is 0.369 e. The molecule has 0 N–H and O–H groups in total. The van der Waals surface area contributed by atoms with Crippen molar-refractivity contribution in [1.29, 1.82) is 0 Å². The van der Waals surface area contributed by atoms with E-state index in [9.17, 15) is 9.59 Å². The summed E-state index contributed by atoms with van der Waals surface area (Å²) in [4.78, 5) is 41.6. The molecule has 3 aliphatic heterocycles. The molecular weight excluding hydrogens is 570 g/mol. The van der Waals surface area contributed by atoms with E-state index in [0.29, 0.717) is 30.1 Å². The van der Waals surface area contributed by atoms with E-state index in [2.05, 4.69) is 64.7 Å². The average Bonchev–Trinajstić information content (AvgIpc) is 3.82. The highest BCUT2D eigenvalue weighted by Gasteiger charge is 2.59. The van der Waals surface area contributed by atoms with E-state index in [-0.39, 0.29) is 22.5 Å². The lowest BCUT2D eigenvalue weighted by Gasteiger charge is -2.52. The molecule has 0 radical (unpaired) electrons. The Morgan fingerprint density at radius 3 is 2.39 bits per heavy atom. The standard InChI is InChI=1S/C39H53N5O2/c1-27-24-32-30-9-8-28-25-29(45)12-14-38(28,2)31(30)13-15-39(32,3)36(27)34(46)26-41-20-22-43(23-21-41)35-11-10-33(42-16-4-5-17-42)37(40-35)44-18-6-7-19-44/h10-14,25,27,30,32,36H,4-9,15-24,26H2,1-3H3/t27-,30-,32+,36-,38+,39+/m1/s1. The summed E-state index contributed by atoms with van der Waals surface area (Å²) < 4.78 is 0. The fraction of sp³-hybridized carbons (Fsp3) is 0.667. The Balaban J connectivity index is 0.937. The molecule has 246 valence electrons. The minimum absolute atomic E-state index is 0.0191. The van der Waals surface area contributed by atoms with Gasteiger partial charge in [0, 0.05) is 63.7 Å². The van der Waals surface area contributed by atoms with Crippen LogP contribution in [0.3, 0.4) is 0 Å². The van der Waals surface area contributed by atoms with Crippen molar-refractivity contribution >= 4 is 28.9 Å². The predicted molar refractivity (Wildman–Crippen MR) is 185 cm³/mol. The van der Waals surface area contributed by atoms with Gasteiger partial charge in [-0.1, -0.05) is 37.1 Å². The van der Waals surface area contributed by atoms with Crippen LogP contribution in [0.5, 0.6) is 0 Å².